The lowest BCUT2D eigenvalue weighted by Crippen LogP contribution is -2.46. The van der Waals surface area contributed by atoms with E-state index in [1.807, 2.05) is 20.8 Å². The maximum absolute atomic E-state index is 13.3. The van der Waals surface area contributed by atoms with Crippen LogP contribution in [-0.2, 0) is 22.8 Å². The van der Waals surface area contributed by atoms with E-state index in [0.717, 1.165) is 12.8 Å². The summed E-state index contributed by atoms with van der Waals surface area (Å²) in [5.41, 5.74) is 0.778. The van der Waals surface area contributed by atoms with Crippen molar-refractivity contribution < 1.29 is 37.1 Å². The molecule has 1 aromatic carbocycles. The Morgan fingerprint density at radius 3 is 2.26 bits per heavy atom. The summed E-state index contributed by atoms with van der Waals surface area (Å²) >= 11 is 0. The molecule has 1 aromatic rings. The topological polar surface area (TPSA) is 103 Å². The van der Waals surface area contributed by atoms with Gasteiger partial charge in [-0.2, -0.15) is 0 Å². The first-order chi connectivity index (χ1) is 16.9. The summed E-state index contributed by atoms with van der Waals surface area (Å²) in [6.45, 7) is 8.01. The molecule has 198 valence electrons. The van der Waals surface area contributed by atoms with Crippen molar-refractivity contribution in [2.75, 3.05) is 33.0 Å². The first kappa shape index (κ1) is 30.8. The molecular weight excluding hydrogens is 473 g/mol. The predicted molar refractivity (Wildman–Crippen MR) is 135 cm³/mol. The van der Waals surface area contributed by atoms with Gasteiger partial charge in [0.1, 0.15) is 5.82 Å². The van der Waals surface area contributed by atoms with Gasteiger partial charge in [0.2, 0.25) is 0 Å². The van der Waals surface area contributed by atoms with E-state index in [-0.39, 0.29) is 5.57 Å². The molecule has 0 saturated carbocycles. The summed E-state index contributed by atoms with van der Waals surface area (Å²) in [7, 11) is -2.70. The number of rotatable bonds is 19. The first-order valence-corrected chi connectivity index (χ1v) is 14.3. The Labute approximate surface area is 209 Å². The summed E-state index contributed by atoms with van der Waals surface area (Å²) in [6, 6.07) is 6.47. The van der Waals surface area contributed by atoms with E-state index < -0.39 is 26.7 Å². The molecule has 0 spiro atoms. The van der Waals surface area contributed by atoms with Crippen LogP contribution >= 0.6 is 0 Å². The summed E-state index contributed by atoms with van der Waals surface area (Å²) in [5, 5.41) is 12.1. The zero-order valence-electron chi connectivity index (χ0n) is 21.1. The molecule has 0 aliphatic heterocycles. The van der Waals surface area contributed by atoms with Crippen LogP contribution in [0.1, 0.15) is 64.9 Å². The van der Waals surface area contributed by atoms with E-state index in [0.29, 0.717) is 70.3 Å². The Kier molecular flexibility index (Phi) is 15.9. The Hall–Kier alpha value is -2.27. The minimum absolute atomic E-state index is 0.247. The van der Waals surface area contributed by atoms with Crippen molar-refractivity contribution >= 4 is 26.9 Å². The fourth-order valence-corrected chi connectivity index (χ4v) is 6.13. The van der Waals surface area contributed by atoms with Gasteiger partial charge in [-0.25, -0.2) is 14.0 Å². The van der Waals surface area contributed by atoms with Gasteiger partial charge in [-0.05, 0) is 70.2 Å². The number of ether oxygens (including phenoxy) is 1. The molecule has 0 fully saturated rings. The molecule has 0 aliphatic rings. The summed E-state index contributed by atoms with van der Waals surface area (Å²) < 4.78 is 35.9. The number of aliphatic carboxylic acids is 1. The molecule has 8 nitrogen and oxygen atoms in total. The molecule has 1 rings (SSSR count). The number of halogens is 1. The molecule has 0 heterocycles. The van der Waals surface area contributed by atoms with Gasteiger partial charge >= 0.3 is 20.9 Å². The van der Waals surface area contributed by atoms with Crippen LogP contribution in [0.4, 0.5) is 9.18 Å². The number of carboxylic acids is 1. The molecule has 0 aliphatic carbocycles. The van der Waals surface area contributed by atoms with Crippen LogP contribution in [0.3, 0.4) is 0 Å². The van der Waals surface area contributed by atoms with Crippen LogP contribution < -0.4 is 5.32 Å². The van der Waals surface area contributed by atoms with Gasteiger partial charge in [0.15, 0.2) is 0 Å². The van der Waals surface area contributed by atoms with Crippen molar-refractivity contribution in [3.63, 3.8) is 0 Å². The van der Waals surface area contributed by atoms with Crippen LogP contribution in [-0.4, -0.2) is 58.9 Å². The number of nitrogens with one attached hydrogen (secondary N) is 1. The van der Waals surface area contributed by atoms with Crippen molar-refractivity contribution in [2.45, 2.75) is 65.3 Å². The maximum atomic E-state index is 13.3. The van der Waals surface area contributed by atoms with Gasteiger partial charge in [-0.15, -0.1) is 0 Å². The highest BCUT2D eigenvalue weighted by molar-refractivity contribution is 6.60. The van der Waals surface area contributed by atoms with Crippen molar-refractivity contribution in [3.8, 4) is 0 Å². The molecule has 0 aromatic heterocycles. The van der Waals surface area contributed by atoms with Gasteiger partial charge < -0.3 is 28.4 Å². The van der Waals surface area contributed by atoms with Crippen LogP contribution in [0.25, 0.3) is 6.08 Å². The van der Waals surface area contributed by atoms with Crippen molar-refractivity contribution in [1.82, 2.24) is 5.32 Å². The molecule has 1 amide bonds. The lowest BCUT2D eigenvalue weighted by Gasteiger charge is -2.28. The first-order valence-electron chi connectivity index (χ1n) is 12.4. The average Bonchev–Trinajstić information content (AvgIpc) is 2.81. The van der Waals surface area contributed by atoms with Crippen LogP contribution in [0.15, 0.2) is 29.8 Å². The van der Waals surface area contributed by atoms with E-state index in [1.165, 1.54) is 18.2 Å². The molecule has 0 unspecified atom stereocenters. The summed E-state index contributed by atoms with van der Waals surface area (Å²) in [4.78, 5) is 23.3. The van der Waals surface area contributed by atoms with Crippen LogP contribution in [0, 0.1) is 5.82 Å². The van der Waals surface area contributed by atoms with Gasteiger partial charge in [-0.3, -0.25) is 0 Å². The Morgan fingerprint density at radius 2 is 1.66 bits per heavy atom. The number of carbonyl (C=O) groups is 2. The van der Waals surface area contributed by atoms with Crippen molar-refractivity contribution in [2.24, 2.45) is 0 Å². The zero-order valence-corrected chi connectivity index (χ0v) is 22.1. The highest BCUT2D eigenvalue weighted by Gasteiger charge is 2.39. The predicted octanol–water partition coefficient (Wildman–Crippen LogP) is 5.41. The zero-order chi connectivity index (χ0) is 25.9. The Bertz CT molecular complexity index is 774. The van der Waals surface area contributed by atoms with Crippen molar-refractivity contribution in [3.05, 3.63) is 41.2 Å². The molecular formula is C25H40FNO7Si. The monoisotopic (exact) mass is 513 g/mol. The molecule has 0 bridgehead atoms. The molecule has 0 radical (unpaired) electrons. The fourth-order valence-electron chi connectivity index (χ4n) is 3.52. The normalized spacial score (nSPS) is 11.9. The average molecular weight is 514 g/mol. The molecule has 35 heavy (non-hydrogen) atoms. The number of benzene rings is 1. The lowest BCUT2D eigenvalue weighted by molar-refractivity contribution is -0.132. The third kappa shape index (κ3) is 13.4. The standard InChI is InChI=1S/C25H40FNO7Si/c1-4-32-35(33-5-2,34-6-3)18-12-16-27-25(30)31-17-10-8-7-9-14-22(24(28)29)19-21-13-11-15-23(26)20-21/h11,13,15,19-20H,4-10,12,14,16-18H2,1-3H3,(H,27,30)(H,28,29)/b22-19+. The third-order valence-electron chi connectivity index (χ3n) is 5.06. The molecule has 0 saturated heterocycles. The summed E-state index contributed by atoms with van der Waals surface area (Å²) in [5.74, 6) is -1.40. The number of alkyl carbamates (subject to hydrolysis) is 1. The second kappa shape index (κ2) is 18.1. The second-order valence-electron chi connectivity index (χ2n) is 7.84. The minimum atomic E-state index is -2.70. The number of unbranched alkanes of at least 4 members (excludes halogenated alkanes) is 3. The molecule has 2 N–H and O–H groups in total. The molecule has 10 heteroatoms. The van der Waals surface area contributed by atoms with Crippen LogP contribution in [0.5, 0.6) is 0 Å². The third-order valence-corrected chi connectivity index (χ3v) is 8.21. The summed E-state index contributed by atoms with van der Waals surface area (Å²) in [6.07, 6.45) is 5.08. The number of carboxylic acid groups (broad SMARTS) is 1. The quantitative estimate of drug-likeness (QED) is 0.145. The smallest absolute Gasteiger partial charge is 0.478 e. The van der Waals surface area contributed by atoms with Crippen molar-refractivity contribution in [1.29, 1.82) is 0 Å². The van der Waals surface area contributed by atoms with E-state index in [1.54, 1.807) is 12.1 Å². The van der Waals surface area contributed by atoms with E-state index >= 15 is 0 Å². The van der Waals surface area contributed by atoms with Crippen LogP contribution in [0.2, 0.25) is 6.04 Å². The number of hydrogen-bond donors (Lipinski definition) is 2. The number of amides is 1. The minimum Gasteiger partial charge on any atom is -0.478 e. The Morgan fingerprint density at radius 1 is 1.00 bits per heavy atom. The maximum Gasteiger partial charge on any atom is 0.500 e. The second-order valence-corrected chi connectivity index (χ2v) is 10.6. The van der Waals surface area contributed by atoms with Gasteiger partial charge in [0, 0.05) is 38.0 Å². The lowest BCUT2D eigenvalue weighted by atomic mass is 10.0. The largest absolute Gasteiger partial charge is 0.500 e. The van der Waals surface area contributed by atoms with Gasteiger partial charge in [0.05, 0.1) is 6.61 Å². The number of carbonyl (C=O) groups excluding carboxylic acids is 1. The highest BCUT2D eigenvalue weighted by atomic mass is 28.4. The SMILES string of the molecule is CCO[Si](CCCNC(=O)OCCCCCC/C(=C\c1cccc(F)c1)C(=O)O)(OCC)OCC. The number of hydrogen-bond acceptors (Lipinski definition) is 6. The van der Waals surface area contributed by atoms with E-state index in [4.69, 9.17) is 18.0 Å². The van der Waals surface area contributed by atoms with E-state index in [2.05, 4.69) is 5.32 Å². The fraction of sp³-hybridized carbons (Fsp3) is 0.600. The molecule has 0 atom stereocenters. The Balaban J connectivity index is 2.21. The van der Waals surface area contributed by atoms with Gasteiger partial charge in [0.25, 0.3) is 0 Å². The van der Waals surface area contributed by atoms with Gasteiger partial charge in [-0.1, -0.05) is 25.0 Å². The highest BCUT2D eigenvalue weighted by Crippen LogP contribution is 2.18. The van der Waals surface area contributed by atoms with E-state index in [9.17, 15) is 19.1 Å².